The predicted molar refractivity (Wildman–Crippen MR) is 81.3 cm³/mol. The Labute approximate surface area is 128 Å². The van der Waals surface area contributed by atoms with Gasteiger partial charge in [0, 0.05) is 11.6 Å². The van der Waals surface area contributed by atoms with Gasteiger partial charge in [-0.15, -0.1) is 0 Å². The highest BCUT2D eigenvalue weighted by atomic mass is 19.1. The molecule has 2 aromatic carbocycles. The molecule has 4 nitrogen and oxygen atoms in total. The number of carbonyl (C=O) groups is 1. The molecule has 0 saturated heterocycles. The predicted octanol–water partition coefficient (Wildman–Crippen LogP) is 3.18. The van der Waals surface area contributed by atoms with Crippen LogP contribution in [0.25, 0.3) is 0 Å². The third kappa shape index (κ3) is 2.50. The average molecular weight is 301 g/mol. The number of anilines is 1. The normalized spacial score (nSPS) is 13.3. The summed E-state index contributed by atoms with van der Waals surface area (Å²) in [6.45, 7) is 2.68. The molecule has 5 heteroatoms. The summed E-state index contributed by atoms with van der Waals surface area (Å²) in [6, 6.07) is 9.51. The standard InChI is InChI=1S/C17H16FNO3/c1-11-3-4-12(9-15(11)21-2)17(20)19-7-8-22-16-10-13(18)5-6-14(16)19/h3-6,9-10H,7-8H2,1-2H3. The molecule has 1 heterocycles. The molecular weight excluding hydrogens is 285 g/mol. The van der Waals surface area contributed by atoms with Gasteiger partial charge in [-0.25, -0.2) is 4.39 Å². The highest BCUT2D eigenvalue weighted by molar-refractivity contribution is 6.07. The van der Waals surface area contributed by atoms with Crippen LogP contribution in [0.2, 0.25) is 0 Å². The highest BCUT2D eigenvalue weighted by Gasteiger charge is 2.25. The number of amides is 1. The van der Waals surface area contributed by atoms with E-state index in [0.29, 0.717) is 35.9 Å². The molecule has 0 radical (unpaired) electrons. The minimum atomic E-state index is -0.384. The number of rotatable bonds is 2. The lowest BCUT2D eigenvalue weighted by molar-refractivity contribution is 0.0976. The molecular formula is C17H16FNO3. The van der Waals surface area contributed by atoms with E-state index in [1.165, 1.54) is 12.1 Å². The quantitative estimate of drug-likeness (QED) is 0.855. The summed E-state index contributed by atoms with van der Waals surface area (Å²) in [7, 11) is 1.57. The van der Waals surface area contributed by atoms with Gasteiger partial charge in [0.15, 0.2) is 0 Å². The Kier molecular flexibility index (Phi) is 3.71. The van der Waals surface area contributed by atoms with Crippen LogP contribution in [-0.4, -0.2) is 26.2 Å². The van der Waals surface area contributed by atoms with Crippen molar-refractivity contribution in [3.63, 3.8) is 0 Å². The van der Waals surface area contributed by atoms with Crippen molar-refractivity contribution in [1.29, 1.82) is 0 Å². The first-order chi connectivity index (χ1) is 10.6. The van der Waals surface area contributed by atoms with Crippen molar-refractivity contribution in [1.82, 2.24) is 0 Å². The van der Waals surface area contributed by atoms with Gasteiger partial charge in [-0.05, 0) is 36.8 Å². The molecule has 1 aliphatic heterocycles. The summed E-state index contributed by atoms with van der Waals surface area (Å²) in [4.78, 5) is 14.3. The minimum Gasteiger partial charge on any atom is -0.496 e. The Morgan fingerprint density at radius 1 is 1.27 bits per heavy atom. The molecule has 1 aliphatic rings. The van der Waals surface area contributed by atoms with Gasteiger partial charge in [0.05, 0.1) is 19.3 Å². The number of halogens is 1. The smallest absolute Gasteiger partial charge is 0.258 e. The van der Waals surface area contributed by atoms with Gasteiger partial charge in [-0.3, -0.25) is 4.79 Å². The molecule has 0 saturated carbocycles. The van der Waals surface area contributed by atoms with E-state index in [2.05, 4.69) is 0 Å². The van der Waals surface area contributed by atoms with E-state index in [4.69, 9.17) is 9.47 Å². The number of ether oxygens (including phenoxy) is 2. The summed E-state index contributed by atoms with van der Waals surface area (Å²) in [5.74, 6) is 0.511. The van der Waals surface area contributed by atoms with E-state index in [0.717, 1.165) is 5.56 Å². The summed E-state index contributed by atoms with van der Waals surface area (Å²) in [5.41, 5.74) is 2.07. The van der Waals surface area contributed by atoms with Crippen LogP contribution in [0.5, 0.6) is 11.5 Å². The Morgan fingerprint density at radius 2 is 2.09 bits per heavy atom. The van der Waals surface area contributed by atoms with Crippen molar-refractivity contribution in [2.75, 3.05) is 25.2 Å². The second-order valence-corrected chi connectivity index (χ2v) is 5.10. The molecule has 0 fully saturated rings. The summed E-state index contributed by atoms with van der Waals surface area (Å²) < 4.78 is 24.0. The van der Waals surface area contributed by atoms with Gasteiger partial charge in [0.2, 0.25) is 0 Å². The molecule has 0 unspecified atom stereocenters. The molecule has 0 atom stereocenters. The number of hydrogen-bond acceptors (Lipinski definition) is 3. The Bertz CT molecular complexity index is 730. The number of fused-ring (bicyclic) bond motifs is 1. The fourth-order valence-corrected chi connectivity index (χ4v) is 2.51. The zero-order valence-electron chi connectivity index (χ0n) is 12.4. The average Bonchev–Trinajstić information content (AvgIpc) is 2.53. The molecule has 3 rings (SSSR count). The zero-order chi connectivity index (χ0) is 15.7. The van der Waals surface area contributed by atoms with Gasteiger partial charge in [-0.2, -0.15) is 0 Å². The maximum Gasteiger partial charge on any atom is 0.258 e. The summed E-state index contributed by atoms with van der Waals surface area (Å²) in [6.07, 6.45) is 0. The van der Waals surface area contributed by atoms with E-state index in [1.807, 2.05) is 13.0 Å². The Morgan fingerprint density at radius 3 is 2.86 bits per heavy atom. The van der Waals surface area contributed by atoms with Crippen LogP contribution < -0.4 is 14.4 Å². The summed E-state index contributed by atoms with van der Waals surface area (Å²) in [5, 5.41) is 0. The molecule has 0 N–H and O–H groups in total. The SMILES string of the molecule is COc1cc(C(=O)N2CCOc3cc(F)ccc32)ccc1C. The number of carbonyl (C=O) groups excluding carboxylic acids is 1. The Hall–Kier alpha value is -2.56. The molecule has 0 aromatic heterocycles. The van der Waals surface area contributed by atoms with Gasteiger partial charge in [-0.1, -0.05) is 6.07 Å². The molecule has 1 amide bonds. The first kappa shape index (κ1) is 14.4. The molecule has 114 valence electrons. The second-order valence-electron chi connectivity index (χ2n) is 5.10. The van der Waals surface area contributed by atoms with Crippen LogP contribution in [0.4, 0.5) is 10.1 Å². The van der Waals surface area contributed by atoms with Gasteiger partial charge in [0.1, 0.15) is 23.9 Å². The van der Waals surface area contributed by atoms with Crippen molar-refractivity contribution in [2.45, 2.75) is 6.92 Å². The maximum atomic E-state index is 13.3. The van der Waals surface area contributed by atoms with Crippen molar-refractivity contribution in [3.05, 3.63) is 53.3 Å². The lowest BCUT2D eigenvalue weighted by Crippen LogP contribution is -2.38. The first-order valence-electron chi connectivity index (χ1n) is 6.99. The highest BCUT2D eigenvalue weighted by Crippen LogP contribution is 2.33. The molecule has 2 aromatic rings. The fourth-order valence-electron chi connectivity index (χ4n) is 2.51. The first-order valence-corrected chi connectivity index (χ1v) is 6.99. The Balaban J connectivity index is 1.97. The second kappa shape index (κ2) is 5.67. The molecule has 0 bridgehead atoms. The lowest BCUT2D eigenvalue weighted by Gasteiger charge is -2.29. The van der Waals surface area contributed by atoms with Crippen LogP contribution in [0.3, 0.4) is 0 Å². The van der Waals surface area contributed by atoms with E-state index in [-0.39, 0.29) is 11.7 Å². The van der Waals surface area contributed by atoms with Crippen LogP contribution in [0.15, 0.2) is 36.4 Å². The third-order valence-corrected chi connectivity index (χ3v) is 3.69. The van der Waals surface area contributed by atoms with Crippen LogP contribution in [0, 0.1) is 12.7 Å². The number of nitrogens with zero attached hydrogens (tertiary/aromatic N) is 1. The monoisotopic (exact) mass is 301 g/mol. The largest absolute Gasteiger partial charge is 0.496 e. The van der Waals surface area contributed by atoms with Crippen molar-refractivity contribution >= 4 is 11.6 Å². The number of hydrogen-bond donors (Lipinski definition) is 0. The maximum absolute atomic E-state index is 13.3. The fraction of sp³-hybridized carbons (Fsp3) is 0.235. The van der Waals surface area contributed by atoms with E-state index in [9.17, 15) is 9.18 Å². The topological polar surface area (TPSA) is 38.8 Å². The van der Waals surface area contributed by atoms with Crippen molar-refractivity contribution in [2.24, 2.45) is 0 Å². The van der Waals surface area contributed by atoms with E-state index < -0.39 is 0 Å². The zero-order valence-corrected chi connectivity index (χ0v) is 12.4. The van der Waals surface area contributed by atoms with Crippen molar-refractivity contribution < 1.29 is 18.7 Å². The number of benzene rings is 2. The van der Waals surface area contributed by atoms with Crippen LogP contribution in [0.1, 0.15) is 15.9 Å². The van der Waals surface area contributed by atoms with Gasteiger partial charge >= 0.3 is 0 Å². The lowest BCUT2D eigenvalue weighted by atomic mass is 10.1. The number of methoxy groups -OCH3 is 1. The van der Waals surface area contributed by atoms with Crippen LogP contribution in [-0.2, 0) is 0 Å². The van der Waals surface area contributed by atoms with Gasteiger partial charge in [0.25, 0.3) is 5.91 Å². The van der Waals surface area contributed by atoms with E-state index >= 15 is 0 Å². The third-order valence-electron chi connectivity index (χ3n) is 3.69. The molecule has 0 aliphatic carbocycles. The minimum absolute atomic E-state index is 0.158. The van der Waals surface area contributed by atoms with Crippen molar-refractivity contribution in [3.8, 4) is 11.5 Å². The van der Waals surface area contributed by atoms with E-state index in [1.54, 1.807) is 30.2 Å². The molecule has 0 spiro atoms. The van der Waals surface area contributed by atoms with Crippen LogP contribution >= 0.6 is 0 Å². The number of aryl methyl sites for hydroxylation is 1. The van der Waals surface area contributed by atoms with Gasteiger partial charge < -0.3 is 14.4 Å². The molecule has 22 heavy (non-hydrogen) atoms. The summed E-state index contributed by atoms with van der Waals surface area (Å²) >= 11 is 0.